The van der Waals surface area contributed by atoms with Gasteiger partial charge in [-0.2, -0.15) is 0 Å². The number of nitrogens with zero attached hydrogens (tertiary/aromatic N) is 2. The number of aliphatic carboxylic acids is 1. The number of hydrogen-bond acceptors (Lipinski definition) is 4. The quantitative estimate of drug-likeness (QED) is 0.748. The van der Waals surface area contributed by atoms with Gasteiger partial charge in [-0.15, -0.1) is 0 Å². The van der Waals surface area contributed by atoms with Crippen LogP contribution in [-0.4, -0.2) is 66.7 Å². The Morgan fingerprint density at radius 3 is 2.37 bits per heavy atom. The van der Waals surface area contributed by atoms with Crippen LogP contribution in [0, 0.1) is 5.92 Å². The molecule has 1 N–H and O–H groups in total. The SMILES string of the molecule is COC(=O)CCN(C)C(=O)N1CCC(C(=O)O)CC1. The van der Waals surface area contributed by atoms with Crippen LogP contribution in [0.25, 0.3) is 0 Å². The van der Waals surface area contributed by atoms with Crippen molar-refractivity contribution < 1.29 is 24.2 Å². The summed E-state index contributed by atoms with van der Waals surface area (Å²) < 4.78 is 4.51. The van der Waals surface area contributed by atoms with E-state index in [0.29, 0.717) is 32.5 Å². The molecule has 1 saturated heterocycles. The number of amides is 2. The van der Waals surface area contributed by atoms with Crippen LogP contribution in [0.2, 0.25) is 0 Å². The minimum Gasteiger partial charge on any atom is -0.481 e. The first-order valence-corrected chi connectivity index (χ1v) is 6.25. The Bertz CT molecular complexity index is 350. The summed E-state index contributed by atoms with van der Waals surface area (Å²) in [5, 5.41) is 8.88. The molecule has 7 nitrogen and oxygen atoms in total. The van der Waals surface area contributed by atoms with Crippen LogP contribution in [0.4, 0.5) is 4.79 Å². The standard InChI is InChI=1S/C12H20N2O5/c1-13(6-5-10(15)19-2)12(18)14-7-3-9(4-8-14)11(16)17/h9H,3-8H2,1-2H3,(H,16,17). The van der Waals surface area contributed by atoms with Gasteiger partial charge in [0.25, 0.3) is 0 Å². The van der Waals surface area contributed by atoms with Crippen molar-refractivity contribution in [2.45, 2.75) is 19.3 Å². The second-order valence-corrected chi connectivity index (χ2v) is 4.63. The highest BCUT2D eigenvalue weighted by molar-refractivity contribution is 5.76. The molecule has 0 saturated carbocycles. The molecule has 1 rings (SSSR count). The summed E-state index contributed by atoms with van der Waals surface area (Å²) in [6, 6.07) is -0.173. The third kappa shape index (κ3) is 4.42. The number of piperidine rings is 1. The summed E-state index contributed by atoms with van der Waals surface area (Å²) in [6.07, 6.45) is 1.11. The number of carbonyl (C=O) groups excluding carboxylic acids is 2. The minimum atomic E-state index is -0.800. The molecular weight excluding hydrogens is 252 g/mol. The van der Waals surface area contributed by atoms with Crippen molar-refractivity contribution in [1.82, 2.24) is 9.80 Å². The monoisotopic (exact) mass is 272 g/mol. The molecule has 0 atom stereocenters. The lowest BCUT2D eigenvalue weighted by molar-refractivity contribution is -0.143. The topological polar surface area (TPSA) is 87.2 Å². The predicted octanol–water partition coefficient (Wildman–Crippen LogP) is 0.398. The van der Waals surface area contributed by atoms with E-state index in [1.807, 2.05) is 0 Å². The molecule has 1 aliphatic heterocycles. The highest BCUT2D eigenvalue weighted by Crippen LogP contribution is 2.18. The van der Waals surface area contributed by atoms with Gasteiger partial charge in [-0.3, -0.25) is 9.59 Å². The van der Waals surface area contributed by atoms with E-state index >= 15 is 0 Å². The zero-order chi connectivity index (χ0) is 14.4. The van der Waals surface area contributed by atoms with Crippen LogP contribution >= 0.6 is 0 Å². The summed E-state index contributed by atoms with van der Waals surface area (Å²) in [6.45, 7) is 1.18. The van der Waals surface area contributed by atoms with Gasteiger partial charge < -0.3 is 19.6 Å². The largest absolute Gasteiger partial charge is 0.481 e. The molecule has 0 radical (unpaired) electrons. The Balaban J connectivity index is 2.37. The van der Waals surface area contributed by atoms with Crippen molar-refractivity contribution in [3.8, 4) is 0 Å². The van der Waals surface area contributed by atoms with E-state index in [9.17, 15) is 14.4 Å². The number of carboxylic acid groups (broad SMARTS) is 1. The number of ether oxygens (including phenoxy) is 1. The van der Waals surface area contributed by atoms with Gasteiger partial charge >= 0.3 is 18.0 Å². The maximum atomic E-state index is 12.0. The molecule has 1 fully saturated rings. The van der Waals surface area contributed by atoms with E-state index in [1.165, 1.54) is 12.0 Å². The molecule has 7 heteroatoms. The molecule has 2 amide bonds. The van der Waals surface area contributed by atoms with Crippen LogP contribution in [-0.2, 0) is 14.3 Å². The molecular formula is C12H20N2O5. The fraction of sp³-hybridized carbons (Fsp3) is 0.750. The van der Waals surface area contributed by atoms with Gasteiger partial charge in [0.05, 0.1) is 19.4 Å². The van der Waals surface area contributed by atoms with Crippen molar-refractivity contribution in [2.75, 3.05) is 33.8 Å². The number of urea groups is 1. The predicted molar refractivity (Wildman–Crippen MR) is 66.6 cm³/mol. The molecule has 19 heavy (non-hydrogen) atoms. The number of carboxylic acids is 1. The van der Waals surface area contributed by atoms with Gasteiger partial charge in [0, 0.05) is 26.7 Å². The van der Waals surface area contributed by atoms with Gasteiger partial charge in [0.15, 0.2) is 0 Å². The molecule has 0 unspecified atom stereocenters. The highest BCUT2D eigenvalue weighted by Gasteiger charge is 2.28. The summed E-state index contributed by atoms with van der Waals surface area (Å²) in [5.74, 6) is -1.51. The normalized spacial score (nSPS) is 16.0. The van der Waals surface area contributed by atoms with Gasteiger partial charge in [-0.05, 0) is 12.8 Å². The number of methoxy groups -OCH3 is 1. The molecule has 0 aromatic carbocycles. The maximum Gasteiger partial charge on any atom is 0.319 e. The Morgan fingerprint density at radius 1 is 1.32 bits per heavy atom. The molecule has 108 valence electrons. The lowest BCUT2D eigenvalue weighted by Gasteiger charge is -2.33. The lowest BCUT2D eigenvalue weighted by Crippen LogP contribution is -2.46. The Labute approximate surface area is 112 Å². The fourth-order valence-corrected chi connectivity index (χ4v) is 2.02. The summed E-state index contributed by atoms with van der Waals surface area (Å²) in [4.78, 5) is 36.9. The minimum absolute atomic E-state index is 0.157. The van der Waals surface area contributed by atoms with Gasteiger partial charge in [-0.1, -0.05) is 0 Å². The van der Waals surface area contributed by atoms with Crippen LogP contribution < -0.4 is 0 Å². The number of hydrogen-bond donors (Lipinski definition) is 1. The average molecular weight is 272 g/mol. The Morgan fingerprint density at radius 2 is 1.89 bits per heavy atom. The first-order chi connectivity index (χ1) is 8.95. The van der Waals surface area contributed by atoms with Crippen molar-refractivity contribution in [3.63, 3.8) is 0 Å². The van der Waals surface area contributed by atoms with Crippen molar-refractivity contribution in [3.05, 3.63) is 0 Å². The van der Waals surface area contributed by atoms with Gasteiger partial charge in [0.2, 0.25) is 0 Å². The summed E-state index contributed by atoms with van der Waals surface area (Å²) in [7, 11) is 2.93. The summed E-state index contributed by atoms with van der Waals surface area (Å²) >= 11 is 0. The van der Waals surface area contributed by atoms with Crippen molar-refractivity contribution >= 4 is 18.0 Å². The first kappa shape index (κ1) is 15.3. The van der Waals surface area contributed by atoms with E-state index in [2.05, 4.69) is 4.74 Å². The Hall–Kier alpha value is -1.79. The number of rotatable bonds is 4. The number of carbonyl (C=O) groups is 3. The van der Waals surface area contributed by atoms with Gasteiger partial charge in [0.1, 0.15) is 0 Å². The molecule has 0 aromatic heterocycles. The number of esters is 1. The second-order valence-electron chi connectivity index (χ2n) is 4.63. The van der Waals surface area contributed by atoms with Crippen molar-refractivity contribution in [2.24, 2.45) is 5.92 Å². The van der Waals surface area contributed by atoms with E-state index in [-0.39, 0.29) is 24.3 Å². The second kappa shape index (κ2) is 6.96. The molecule has 0 spiro atoms. The van der Waals surface area contributed by atoms with Gasteiger partial charge in [-0.25, -0.2) is 4.79 Å². The third-order valence-electron chi connectivity index (χ3n) is 3.32. The van der Waals surface area contributed by atoms with E-state index < -0.39 is 5.97 Å². The highest BCUT2D eigenvalue weighted by atomic mass is 16.5. The summed E-state index contributed by atoms with van der Waals surface area (Å²) in [5.41, 5.74) is 0. The average Bonchev–Trinajstić information content (AvgIpc) is 2.43. The lowest BCUT2D eigenvalue weighted by atomic mass is 9.97. The first-order valence-electron chi connectivity index (χ1n) is 6.25. The molecule has 1 heterocycles. The smallest absolute Gasteiger partial charge is 0.319 e. The molecule has 0 aliphatic carbocycles. The molecule has 0 bridgehead atoms. The van der Waals surface area contributed by atoms with E-state index in [1.54, 1.807) is 11.9 Å². The third-order valence-corrected chi connectivity index (χ3v) is 3.32. The Kier molecular flexibility index (Phi) is 5.59. The van der Waals surface area contributed by atoms with Crippen LogP contribution in [0.5, 0.6) is 0 Å². The molecule has 1 aliphatic rings. The maximum absolute atomic E-state index is 12.0. The van der Waals surface area contributed by atoms with E-state index in [4.69, 9.17) is 5.11 Å². The van der Waals surface area contributed by atoms with Crippen LogP contribution in [0.15, 0.2) is 0 Å². The van der Waals surface area contributed by atoms with Crippen LogP contribution in [0.1, 0.15) is 19.3 Å². The van der Waals surface area contributed by atoms with Crippen LogP contribution in [0.3, 0.4) is 0 Å². The fourth-order valence-electron chi connectivity index (χ4n) is 2.02. The molecule has 0 aromatic rings. The number of likely N-dealkylation sites (tertiary alicyclic amines) is 1. The van der Waals surface area contributed by atoms with E-state index in [0.717, 1.165) is 0 Å². The zero-order valence-corrected chi connectivity index (χ0v) is 11.3. The van der Waals surface area contributed by atoms with Crippen molar-refractivity contribution in [1.29, 1.82) is 0 Å². The zero-order valence-electron chi connectivity index (χ0n) is 11.3.